The molecule has 3 heteroatoms. The molecule has 0 aliphatic carbocycles. The van der Waals surface area contributed by atoms with Crippen molar-refractivity contribution in [1.29, 1.82) is 0 Å². The molecule has 1 rings (SSSR count). The molecule has 1 heterocycles. The molecule has 1 aliphatic heterocycles. The normalized spacial score (nSPS) is 29.2. The van der Waals surface area contributed by atoms with Gasteiger partial charge in [0, 0.05) is 37.4 Å². The second-order valence-corrected chi connectivity index (χ2v) is 3.83. The molecule has 0 aromatic carbocycles. The Labute approximate surface area is 80.4 Å². The summed E-state index contributed by atoms with van der Waals surface area (Å²) in [7, 11) is 0. The predicted molar refractivity (Wildman–Crippen MR) is 54.4 cm³/mol. The van der Waals surface area contributed by atoms with Gasteiger partial charge in [-0.15, -0.1) is 0 Å². The number of rotatable bonds is 4. The molecule has 1 saturated heterocycles. The van der Waals surface area contributed by atoms with Crippen LogP contribution in [0.5, 0.6) is 0 Å². The smallest absolute Gasteiger partial charge is 0.0491 e. The second-order valence-electron chi connectivity index (χ2n) is 3.83. The molecule has 0 saturated carbocycles. The molecule has 2 N–H and O–H groups in total. The first-order chi connectivity index (χ1) is 6.17. The largest absolute Gasteiger partial charge is 0.396 e. The van der Waals surface area contributed by atoms with E-state index >= 15 is 0 Å². The number of aliphatic hydroxyl groups is 1. The molecule has 3 nitrogen and oxygen atoms in total. The van der Waals surface area contributed by atoms with Gasteiger partial charge in [-0.05, 0) is 13.5 Å². The van der Waals surface area contributed by atoms with E-state index in [1.807, 2.05) is 6.92 Å². The Bertz CT molecular complexity index is 182. The third-order valence-electron chi connectivity index (χ3n) is 2.63. The zero-order chi connectivity index (χ0) is 9.84. The van der Waals surface area contributed by atoms with Gasteiger partial charge < -0.3 is 15.3 Å². The lowest BCUT2D eigenvalue weighted by Crippen LogP contribution is -2.36. The quantitative estimate of drug-likeness (QED) is 0.665. The molecule has 1 fully saturated rings. The van der Waals surface area contributed by atoms with Gasteiger partial charge in [-0.1, -0.05) is 13.5 Å². The van der Waals surface area contributed by atoms with Crippen LogP contribution in [0.15, 0.2) is 12.3 Å². The van der Waals surface area contributed by atoms with E-state index in [1.54, 1.807) is 0 Å². The SMILES string of the molecule is C=C(C)NC1CN(CC)CC1CO. The van der Waals surface area contributed by atoms with Crippen LogP contribution in [0.2, 0.25) is 0 Å². The minimum atomic E-state index is 0.265. The lowest BCUT2D eigenvalue weighted by Gasteiger charge is -2.18. The number of nitrogens with zero attached hydrogens (tertiary/aromatic N) is 1. The van der Waals surface area contributed by atoms with Crippen LogP contribution in [0.1, 0.15) is 13.8 Å². The Hall–Kier alpha value is -0.540. The molecule has 2 atom stereocenters. The lowest BCUT2D eigenvalue weighted by molar-refractivity contribution is 0.211. The van der Waals surface area contributed by atoms with Gasteiger partial charge in [-0.3, -0.25) is 0 Å². The van der Waals surface area contributed by atoms with Crippen LogP contribution in [0, 0.1) is 5.92 Å². The van der Waals surface area contributed by atoms with Crippen molar-refractivity contribution < 1.29 is 5.11 Å². The topological polar surface area (TPSA) is 35.5 Å². The summed E-state index contributed by atoms with van der Waals surface area (Å²) >= 11 is 0. The number of allylic oxidation sites excluding steroid dienone is 1. The molecule has 0 amide bonds. The van der Waals surface area contributed by atoms with Crippen LogP contribution in [-0.2, 0) is 0 Å². The summed E-state index contributed by atoms with van der Waals surface area (Å²) in [5.41, 5.74) is 0.987. The Kier molecular flexibility index (Phi) is 3.75. The van der Waals surface area contributed by atoms with E-state index in [4.69, 9.17) is 5.11 Å². The summed E-state index contributed by atoms with van der Waals surface area (Å²) in [4.78, 5) is 2.35. The first kappa shape index (κ1) is 10.5. The van der Waals surface area contributed by atoms with E-state index in [9.17, 15) is 0 Å². The van der Waals surface area contributed by atoms with Crippen molar-refractivity contribution in [3.8, 4) is 0 Å². The van der Waals surface area contributed by atoms with E-state index < -0.39 is 0 Å². The van der Waals surface area contributed by atoms with Crippen molar-refractivity contribution in [3.63, 3.8) is 0 Å². The van der Waals surface area contributed by atoms with Crippen LogP contribution in [0.3, 0.4) is 0 Å². The standard InChI is InChI=1S/C10H20N2O/c1-4-12-5-9(7-13)10(6-12)11-8(2)3/h9-11,13H,2,4-7H2,1,3H3. The molecule has 1 aliphatic rings. The summed E-state index contributed by atoms with van der Waals surface area (Å²) in [6.07, 6.45) is 0. The molecule has 76 valence electrons. The fraction of sp³-hybridized carbons (Fsp3) is 0.800. The maximum atomic E-state index is 9.17. The molecule has 0 bridgehead atoms. The van der Waals surface area contributed by atoms with E-state index in [-0.39, 0.29) is 6.61 Å². The maximum Gasteiger partial charge on any atom is 0.0491 e. The predicted octanol–water partition coefficient (Wildman–Crippen LogP) is 0.422. The van der Waals surface area contributed by atoms with Crippen molar-refractivity contribution in [2.45, 2.75) is 19.9 Å². The number of nitrogens with one attached hydrogen (secondary N) is 1. The third-order valence-corrected chi connectivity index (χ3v) is 2.63. The molecular formula is C10H20N2O. The van der Waals surface area contributed by atoms with E-state index in [2.05, 4.69) is 23.7 Å². The average Bonchev–Trinajstić information content (AvgIpc) is 2.46. The minimum Gasteiger partial charge on any atom is -0.396 e. The van der Waals surface area contributed by atoms with Crippen LogP contribution in [-0.4, -0.2) is 42.3 Å². The number of likely N-dealkylation sites (N-methyl/N-ethyl adjacent to an activating group) is 1. The fourth-order valence-electron chi connectivity index (χ4n) is 1.88. The van der Waals surface area contributed by atoms with Crippen molar-refractivity contribution in [1.82, 2.24) is 10.2 Å². The first-order valence-electron chi connectivity index (χ1n) is 4.92. The van der Waals surface area contributed by atoms with Crippen LogP contribution in [0.4, 0.5) is 0 Å². The molecular weight excluding hydrogens is 164 g/mol. The van der Waals surface area contributed by atoms with E-state index in [0.717, 1.165) is 25.3 Å². The Balaban J connectivity index is 2.47. The zero-order valence-electron chi connectivity index (χ0n) is 8.58. The highest BCUT2D eigenvalue weighted by Crippen LogP contribution is 2.16. The number of hydrogen-bond donors (Lipinski definition) is 2. The molecule has 0 spiro atoms. The minimum absolute atomic E-state index is 0.265. The summed E-state index contributed by atoms with van der Waals surface area (Å²) in [6, 6.07) is 0.377. The summed E-state index contributed by atoms with van der Waals surface area (Å²) in [6.45, 7) is 11.3. The molecule has 0 aromatic heterocycles. The van der Waals surface area contributed by atoms with Gasteiger partial charge in [0.25, 0.3) is 0 Å². The number of aliphatic hydroxyl groups excluding tert-OH is 1. The summed E-state index contributed by atoms with van der Waals surface area (Å²) < 4.78 is 0. The molecule has 0 radical (unpaired) electrons. The van der Waals surface area contributed by atoms with Gasteiger partial charge in [0.2, 0.25) is 0 Å². The highest BCUT2D eigenvalue weighted by Gasteiger charge is 2.30. The maximum absolute atomic E-state index is 9.17. The Morgan fingerprint density at radius 2 is 2.31 bits per heavy atom. The second kappa shape index (κ2) is 4.63. The van der Waals surface area contributed by atoms with Gasteiger partial charge in [-0.25, -0.2) is 0 Å². The first-order valence-corrected chi connectivity index (χ1v) is 4.92. The van der Waals surface area contributed by atoms with Gasteiger partial charge >= 0.3 is 0 Å². The fourth-order valence-corrected chi connectivity index (χ4v) is 1.88. The third kappa shape index (κ3) is 2.71. The van der Waals surface area contributed by atoms with Crippen LogP contribution in [0.25, 0.3) is 0 Å². The van der Waals surface area contributed by atoms with Crippen LogP contribution >= 0.6 is 0 Å². The van der Waals surface area contributed by atoms with Crippen molar-refractivity contribution >= 4 is 0 Å². The monoisotopic (exact) mass is 184 g/mol. The Morgan fingerprint density at radius 3 is 2.77 bits per heavy atom. The highest BCUT2D eigenvalue weighted by molar-refractivity contribution is 4.96. The van der Waals surface area contributed by atoms with Crippen molar-refractivity contribution in [2.75, 3.05) is 26.2 Å². The average molecular weight is 184 g/mol. The van der Waals surface area contributed by atoms with Crippen LogP contribution < -0.4 is 5.32 Å². The van der Waals surface area contributed by atoms with Gasteiger partial charge in [-0.2, -0.15) is 0 Å². The summed E-state index contributed by atoms with van der Waals surface area (Å²) in [5.74, 6) is 0.358. The summed E-state index contributed by atoms with van der Waals surface area (Å²) in [5, 5.41) is 12.5. The van der Waals surface area contributed by atoms with E-state index in [1.165, 1.54) is 0 Å². The van der Waals surface area contributed by atoms with Crippen molar-refractivity contribution in [3.05, 3.63) is 12.3 Å². The van der Waals surface area contributed by atoms with Gasteiger partial charge in [0.05, 0.1) is 0 Å². The zero-order valence-corrected chi connectivity index (χ0v) is 8.58. The van der Waals surface area contributed by atoms with Gasteiger partial charge in [0.1, 0.15) is 0 Å². The molecule has 13 heavy (non-hydrogen) atoms. The number of hydrogen-bond acceptors (Lipinski definition) is 3. The number of likely N-dealkylation sites (tertiary alicyclic amines) is 1. The highest BCUT2D eigenvalue weighted by atomic mass is 16.3. The van der Waals surface area contributed by atoms with E-state index in [0.29, 0.717) is 12.0 Å². The van der Waals surface area contributed by atoms with Crippen molar-refractivity contribution in [2.24, 2.45) is 5.92 Å². The Morgan fingerprint density at radius 1 is 1.62 bits per heavy atom. The molecule has 0 aromatic rings. The van der Waals surface area contributed by atoms with Gasteiger partial charge in [0.15, 0.2) is 0 Å². The molecule has 2 unspecified atom stereocenters. The lowest BCUT2D eigenvalue weighted by atomic mass is 10.1.